The van der Waals surface area contributed by atoms with E-state index in [-0.39, 0.29) is 11.7 Å². The largest absolute Gasteiger partial charge is 0.504 e. The van der Waals surface area contributed by atoms with Crippen LogP contribution in [0, 0.1) is 0 Å². The van der Waals surface area contributed by atoms with Crippen molar-refractivity contribution in [3.8, 4) is 11.5 Å². The molecule has 0 saturated heterocycles. The van der Waals surface area contributed by atoms with Crippen molar-refractivity contribution in [1.29, 1.82) is 0 Å². The van der Waals surface area contributed by atoms with E-state index < -0.39 is 0 Å². The van der Waals surface area contributed by atoms with Gasteiger partial charge in [-0.3, -0.25) is 4.79 Å². The number of phenols is 1. The van der Waals surface area contributed by atoms with Gasteiger partial charge in [0.25, 0.3) is 5.91 Å². The van der Waals surface area contributed by atoms with E-state index in [9.17, 15) is 9.90 Å². The van der Waals surface area contributed by atoms with Crippen LogP contribution in [0.25, 0.3) is 0 Å². The molecule has 0 aliphatic rings. The van der Waals surface area contributed by atoms with E-state index >= 15 is 0 Å². The highest BCUT2D eigenvalue weighted by molar-refractivity contribution is 9.10. The normalized spacial score (nSPS) is 10.1. The van der Waals surface area contributed by atoms with Crippen LogP contribution < -0.4 is 10.1 Å². The number of rotatable bonds is 3. The van der Waals surface area contributed by atoms with Crippen LogP contribution in [0.4, 0.5) is 5.69 Å². The van der Waals surface area contributed by atoms with Crippen LogP contribution in [0.15, 0.2) is 39.6 Å². The lowest BCUT2D eigenvalue weighted by molar-refractivity contribution is 0.102. The van der Waals surface area contributed by atoms with Gasteiger partial charge in [-0.2, -0.15) is 0 Å². The highest BCUT2D eigenvalue weighted by Crippen LogP contribution is 2.28. The van der Waals surface area contributed by atoms with E-state index in [1.54, 1.807) is 18.2 Å². The number of aromatic hydroxyl groups is 1. The van der Waals surface area contributed by atoms with Gasteiger partial charge in [0.15, 0.2) is 16.2 Å². The van der Waals surface area contributed by atoms with Gasteiger partial charge < -0.3 is 19.6 Å². The SMILES string of the molecule is COc1ccc(NC(=O)c2coc(Br)c2)cc1O. The van der Waals surface area contributed by atoms with Gasteiger partial charge >= 0.3 is 0 Å². The van der Waals surface area contributed by atoms with Gasteiger partial charge in [-0.05, 0) is 28.1 Å². The van der Waals surface area contributed by atoms with Crippen LogP contribution in [-0.2, 0) is 0 Å². The van der Waals surface area contributed by atoms with E-state index in [1.807, 2.05) is 0 Å². The average molecular weight is 312 g/mol. The molecule has 0 fully saturated rings. The molecule has 0 bridgehead atoms. The number of nitrogens with one attached hydrogen (secondary N) is 1. The number of carbonyl (C=O) groups excluding carboxylic acids is 1. The van der Waals surface area contributed by atoms with Crippen molar-refractivity contribution in [2.24, 2.45) is 0 Å². The van der Waals surface area contributed by atoms with Crippen molar-refractivity contribution in [1.82, 2.24) is 0 Å². The number of hydrogen-bond donors (Lipinski definition) is 2. The topological polar surface area (TPSA) is 71.7 Å². The molecule has 2 N–H and O–H groups in total. The Morgan fingerprint density at radius 3 is 2.78 bits per heavy atom. The minimum Gasteiger partial charge on any atom is -0.504 e. The first-order valence-electron chi connectivity index (χ1n) is 5.02. The second-order valence-electron chi connectivity index (χ2n) is 3.48. The number of methoxy groups -OCH3 is 1. The quantitative estimate of drug-likeness (QED) is 0.914. The molecule has 2 aromatic rings. The molecule has 0 radical (unpaired) electrons. The van der Waals surface area contributed by atoms with Gasteiger partial charge in [-0.1, -0.05) is 0 Å². The summed E-state index contributed by atoms with van der Waals surface area (Å²) in [6, 6.07) is 6.16. The predicted octanol–water partition coefficient (Wildman–Crippen LogP) is 3.01. The Kier molecular flexibility index (Phi) is 3.57. The van der Waals surface area contributed by atoms with Crippen molar-refractivity contribution in [2.45, 2.75) is 0 Å². The monoisotopic (exact) mass is 311 g/mol. The summed E-state index contributed by atoms with van der Waals surface area (Å²) in [6.07, 6.45) is 1.34. The van der Waals surface area contributed by atoms with Crippen LogP contribution in [0.3, 0.4) is 0 Å². The van der Waals surface area contributed by atoms with E-state index in [0.29, 0.717) is 21.7 Å². The maximum atomic E-state index is 11.8. The van der Waals surface area contributed by atoms with Crippen LogP contribution in [0.2, 0.25) is 0 Å². The lowest BCUT2D eigenvalue weighted by Gasteiger charge is -2.07. The van der Waals surface area contributed by atoms with Crippen molar-refractivity contribution in [3.63, 3.8) is 0 Å². The summed E-state index contributed by atoms with van der Waals surface area (Å²) in [7, 11) is 1.45. The van der Waals surface area contributed by atoms with E-state index in [2.05, 4.69) is 21.2 Å². The molecule has 1 amide bonds. The first kappa shape index (κ1) is 12.5. The third kappa shape index (κ3) is 2.65. The Bertz CT molecular complexity index is 579. The van der Waals surface area contributed by atoms with Crippen LogP contribution >= 0.6 is 15.9 Å². The molecule has 0 saturated carbocycles. The molecule has 1 aromatic heterocycles. The zero-order valence-corrected chi connectivity index (χ0v) is 11.0. The smallest absolute Gasteiger partial charge is 0.258 e. The Morgan fingerprint density at radius 1 is 1.44 bits per heavy atom. The fourth-order valence-electron chi connectivity index (χ4n) is 1.40. The van der Waals surface area contributed by atoms with E-state index in [0.717, 1.165) is 0 Å². The predicted molar refractivity (Wildman–Crippen MR) is 69.0 cm³/mol. The molecule has 6 heteroatoms. The molecule has 0 aliphatic heterocycles. The molecule has 0 atom stereocenters. The lowest BCUT2D eigenvalue weighted by atomic mass is 10.2. The molecule has 2 rings (SSSR count). The molecular formula is C12H10BrNO4. The van der Waals surface area contributed by atoms with E-state index in [1.165, 1.54) is 19.4 Å². The molecule has 0 aliphatic carbocycles. The lowest BCUT2D eigenvalue weighted by Crippen LogP contribution is -2.10. The summed E-state index contributed by atoms with van der Waals surface area (Å²) in [6.45, 7) is 0. The third-order valence-corrected chi connectivity index (χ3v) is 2.68. The van der Waals surface area contributed by atoms with Gasteiger partial charge in [0, 0.05) is 17.8 Å². The van der Waals surface area contributed by atoms with Gasteiger partial charge in [0.05, 0.1) is 12.7 Å². The summed E-state index contributed by atoms with van der Waals surface area (Å²) in [5.41, 5.74) is 0.854. The number of carbonyl (C=O) groups is 1. The number of amides is 1. The number of ether oxygens (including phenoxy) is 1. The van der Waals surface area contributed by atoms with E-state index in [4.69, 9.17) is 9.15 Å². The number of halogens is 1. The Hall–Kier alpha value is -1.95. The molecular weight excluding hydrogens is 302 g/mol. The first-order valence-corrected chi connectivity index (χ1v) is 5.82. The van der Waals surface area contributed by atoms with Gasteiger partial charge in [-0.15, -0.1) is 0 Å². The number of furan rings is 1. The van der Waals surface area contributed by atoms with Crippen LogP contribution in [-0.4, -0.2) is 18.1 Å². The maximum absolute atomic E-state index is 11.8. The highest BCUT2D eigenvalue weighted by Gasteiger charge is 2.10. The second-order valence-corrected chi connectivity index (χ2v) is 4.26. The Labute approximate surface area is 111 Å². The van der Waals surface area contributed by atoms with Crippen LogP contribution in [0.1, 0.15) is 10.4 Å². The average Bonchev–Trinajstić information content (AvgIpc) is 2.76. The molecule has 18 heavy (non-hydrogen) atoms. The Balaban J connectivity index is 2.14. The minimum absolute atomic E-state index is 0.0383. The Morgan fingerprint density at radius 2 is 2.22 bits per heavy atom. The third-order valence-electron chi connectivity index (χ3n) is 2.27. The summed E-state index contributed by atoms with van der Waals surface area (Å²) in [5, 5.41) is 12.2. The first-order chi connectivity index (χ1) is 8.60. The molecule has 1 heterocycles. The fraction of sp³-hybridized carbons (Fsp3) is 0.0833. The number of hydrogen-bond acceptors (Lipinski definition) is 4. The van der Waals surface area contributed by atoms with Gasteiger partial charge in [-0.25, -0.2) is 0 Å². The molecule has 0 spiro atoms. The van der Waals surface area contributed by atoms with Gasteiger partial charge in [0.1, 0.15) is 6.26 Å². The molecule has 0 unspecified atom stereocenters. The zero-order valence-electron chi connectivity index (χ0n) is 9.44. The highest BCUT2D eigenvalue weighted by atomic mass is 79.9. The maximum Gasteiger partial charge on any atom is 0.258 e. The van der Waals surface area contributed by atoms with Gasteiger partial charge in [0.2, 0.25) is 0 Å². The van der Waals surface area contributed by atoms with Crippen LogP contribution in [0.5, 0.6) is 11.5 Å². The van der Waals surface area contributed by atoms with Crippen molar-refractivity contribution >= 4 is 27.5 Å². The second kappa shape index (κ2) is 5.14. The fourth-order valence-corrected chi connectivity index (χ4v) is 1.74. The number of anilines is 1. The minimum atomic E-state index is -0.325. The zero-order chi connectivity index (χ0) is 13.1. The molecule has 1 aromatic carbocycles. The summed E-state index contributed by atoms with van der Waals surface area (Å²) < 4.78 is 10.4. The summed E-state index contributed by atoms with van der Waals surface area (Å²) in [5.74, 6) is -0.0169. The number of benzene rings is 1. The van der Waals surface area contributed by atoms with Crippen molar-refractivity contribution in [2.75, 3.05) is 12.4 Å². The molecule has 94 valence electrons. The summed E-state index contributed by atoms with van der Waals surface area (Å²) in [4.78, 5) is 11.8. The van der Waals surface area contributed by atoms with Crippen molar-refractivity contribution in [3.05, 3.63) is 40.8 Å². The standard InChI is InChI=1S/C12H10BrNO4/c1-17-10-3-2-8(5-9(10)15)14-12(16)7-4-11(13)18-6-7/h2-6,15H,1H3,(H,14,16). The number of phenolic OH excluding ortho intramolecular Hbond substituents is 1. The summed E-state index contributed by atoms with van der Waals surface area (Å²) >= 11 is 3.11. The molecule has 5 nitrogen and oxygen atoms in total. The van der Waals surface area contributed by atoms with Crippen molar-refractivity contribution < 1.29 is 19.1 Å².